The Labute approximate surface area is 126 Å². The molecule has 0 heterocycles. The second-order valence-electron chi connectivity index (χ2n) is 3.31. The zero-order chi connectivity index (χ0) is 13.5. The fraction of sp³-hybridized carbons (Fsp3) is 0.900. The average molecular weight is 362 g/mol. The van der Waals surface area contributed by atoms with Gasteiger partial charge in [0.05, 0.1) is 5.91 Å². The Bertz CT molecular complexity index is 188. The maximum absolute atomic E-state index is 11.4. The van der Waals surface area contributed by atoms with Gasteiger partial charge in [-0.05, 0) is 19.5 Å². The minimum absolute atomic E-state index is 0.0700. The Morgan fingerprint density at radius 1 is 1.24 bits per heavy atom. The molecule has 0 fully saturated rings. The molecule has 0 aromatic heterocycles. The Kier molecular flexibility index (Phi) is 19.4. The third kappa shape index (κ3) is 14.5. The molecule has 0 atom stereocenters. The van der Waals surface area contributed by atoms with Crippen molar-refractivity contribution < 1.29 is 27.2 Å². The fourth-order valence-corrected chi connectivity index (χ4v) is 1.54. The van der Waals surface area contributed by atoms with E-state index in [9.17, 15) is 4.79 Å². The molecule has 0 aromatic carbocycles. The van der Waals surface area contributed by atoms with E-state index >= 15 is 0 Å². The summed E-state index contributed by atoms with van der Waals surface area (Å²) >= 11 is 10.5. The van der Waals surface area contributed by atoms with Crippen molar-refractivity contribution in [3.05, 3.63) is 5.32 Å². The number of hydrogen-bond acceptors (Lipinski definition) is 5. The Morgan fingerprint density at radius 2 is 1.88 bits per heavy atom. The molecule has 4 nitrogen and oxygen atoms in total. The van der Waals surface area contributed by atoms with E-state index in [1.807, 2.05) is 0 Å². The summed E-state index contributed by atoms with van der Waals surface area (Å²) in [6.07, 6.45) is 2.23. The van der Waals surface area contributed by atoms with Gasteiger partial charge in [-0.25, -0.2) is 0 Å². The van der Waals surface area contributed by atoms with Crippen LogP contribution < -0.4 is 0 Å². The maximum atomic E-state index is 11.4. The van der Waals surface area contributed by atoms with Gasteiger partial charge in [-0.15, -0.1) is 0 Å². The van der Waals surface area contributed by atoms with E-state index in [2.05, 4.69) is 17.1 Å². The number of carbonyl (C=O) groups excluding carboxylic acids is 1. The van der Waals surface area contributed by atoms with Gasteiger partial charge in [-0.2, -0.15) is 18.1 Å². The van der Waals surface area contributed by atoms with Gasteiger partial charge in [-0.3, -0.25) is 4.90 Å². The van der Waals surface area contributed by atoms with Crippen molar-refractivity contribution in [2.75, 3.05) is 37.7 Å². The van der Waals surface area contributed by atoms with Crippen LogP contribution in [0.3, 0.4) is 0 Å². The van der Waals surface area contributed by atoms with Gasteiger partial charge < -0.3 is 35.4 Å². The topological polar surface area (TPSA) is 51.5 Å². The Balaban J connectivity index is 0. The van der Waals surface area contributed by atoms with Crippen LogP contribution in [0.1, 0.15) is 19.8 Å². The Morgan fingerprint density at radius 3 is 2.35 bits per heavy atom. The van der Waals surface area contributed by atoms with Crippen molar-refractivity contribution in [3.63, 3.8) is 0 Å². The first-order chi connectivity index (χ1) is 8.24. The summed E-state index contributed by atoms with van der Waals surface area (Å²) in [5.41, 5.74) is 0. The summed E-state index contributed by atoms with van der Waals surface area (Å²) in [7, 11) is 0. The normalized spacial score (nSPS) is 9.76. The molecule has 0 bridgehead atoms. The number of rotatable bonds is 9. The second kappa shape index (κ2) is 16.6. The fourth-order valence-electron chi connectivity index (χ4n) is 1.19. The van der Waals surface area contributed by atoms with E-state index in [0.29, 0.717) is 24.6 Å². The van der Waals surface area contributed by atoms with Crippen molar-refractivity contribution in [3.8, 4) is 0 Å². The predicted molar refractivity (Wildman–Crippen MR) is 69.7 cm³/mol. The molecule has 7 heteroatoms. The van der Waals surface area contributed by atoms with Crippen LogP contribution in [0, 0.1) is 0 Å². The third-order valence-electron chi connectivity index (χ3n) is 1.97. The minimum atomic E-state index is -0.0700. The van der Waals surface area contributed by atoms with Gasteiger partial charge in [0.1, 0.15) is 0 Å². The van der Waals surface area contributed by atoms with Crippen molar-refractivity contribution in [2.45, 2.75) is 19.8 Å². The van der Waals surface area contributed by atoms with Crippen LogP contribution in [0.5, 0.6) is 0 Å². The predicted octanol–water partition coefficient (Wildman–Crippen LogP) is 0.961. The summed E-state index contributed by atoms with van der Waals surface area (Å²) in [6, 6.07) is 0. The summed E-state index contributed by atoms with van der Waals surface area (Å²) in [4.78, 5) is 13.4. The number of unbranched alkanes of at least 4 members (excludes halogenated alkanes) is 1. The summed E-state index contributed by atoms with van der Waals surface area (Å²) in [6.45, 7) is 4.72. The van der Waals surface area contributed by atoms with E-state index < -0.39 is 0 Å². The number of carbonyl (C=O) groups is 1. The molecule has 0 saturated carbocycles. The first-order valence-corrected chi connectivity index (χ1v) is 7.40. The van der Waals surface area contributed by atoms with Crippen LogP contribution in [0.2, 0.25) is 0 Å². The molecule has 17 heavy (non-hydrogen) atoms. The molecule has 0 N–H and O–H groups in total. The van der Waals surface area contributed by atoms with Gasteiger partial charge in [0.15, 0.2) is 0 Å². The van der Waals surface area contributed by atoms with Crippen LogP contribution in [0.25, 0.3) is 5.32 Å². The molecule has 0 unspecified atom stereocenters. The van der Waals surface area contributed by atoms with Gasteiger partial charge in [0.2, 0.25) is 0 Å². The van der Waals surface area contributed by atoms with Gasteiger partial charge in [0.25, 0.3) is 0 Å². The van der Waals surface area contributed by atoms with Crippen molar-refractivity contribution >= 4 is 31.2 Å². The van der Waals surface area contributed by atoms with E-state index in [1.165, 1.54) is 0 Å². The molecule has 99 valence electrons. The van der Waals surface area contributed by atoms with Crippen LogP contribution >= 0.6 is 0 Å². The van der Waals surface area contributed by atoms with Gasteiger partial charge in [0, 0.05) is 6.54 Å². The van der Waals surface area contributed by atoms with Crippen LogP contribution in [0.15, 0.2) is 0 Å². The van der Waals surface area contributed by atoms with E-state index in [1.54, 1.807) is 0 Å². The van der Waals surface area contributed by atoms with Gasteiger partial charge >= 0.3 is 22.4 Å². The zero-order valence-electron chi connectivity index (χ0n) is 10.1. The summed E-state index contributed by atoms with van der Waals surface area (Å²) in [5.74, 6) is 1.11. The molecular weight excluding hydrogens is 343 g/mol. The number of nitrogens with zero attached hydrogens (tertiary/aromatic N) is 2. The molecule has 0 rings (SSSR count). The molecule has 0 spiro atoms. The molecule has 0 radical (unpaired) electrons. The van der Waals surface area contributed by atoms with E-state index in [-0.39, 0.29) is 5.91 Å². The van der Waals surface area contributed by atoms with Gasteiger partial charge in [-0.1, -0.05) is 13.3 Å². The molecule has 0 aliphatic heterocycles. The molecule has 0 aliphatic carbocycles. The molecule has 0 aliphatic rings. The molecule has 0 aromatic rings. The first-order valence-electron chi connectivity index (χ1n) is 5.48. The summed E-state index contributed by atoms with van der Waals surface area (Å²) < 4.78 is 8.22. The van der Waals surface area contributed by atoms with Crippen LogP contribution in [-0.2, 0) is 52.4 Å². The van der Waals surface area contributed by atoms with Crippen LogP contribution in [0.4, 0.5) is 0 Å². The zero-order valence-corrected chi connectivity index (χ0v) is 13.6. The van der Waals surface area contributed by atoms with Crippen molar-refractivity contribution in [2.24, 2.45) is 0 Å². The van der Waals surface area contributed by atoms with Crippen molar-refractivity contribution in [1.82, 2.24) is 4.90 Å². The number of amides is 1. The Hall–Kier alpha value is 0.579. The van der Waals surface area contributed by atoms with E-state index in [4.69, 9.17) is 28.8 Å². The van der Waals surface area contributed by atoms with Crippen LogP contribution in [-0.4, -0.2) is 48.5 Å². The molecule has 1 amide bonds. The average Bonchev–Trinajstić information content (AvgIpc) is 2.36. The molecule has 0 saturated heterocycles. The monoisotopic (exact) mass is 362 g/mol. The number of hydrogen-bond donors (Lipinski definition) is 0. The third-order valence-corrected chi connectivity index (χ3v) is 2.34. The standard InChI is InChI=1S/C10H22N2OS2.O.Tc/c1-2-3-5-12(6-8-15)9-10(13)11-4-7-14;;/h2-9H2,1H3,(H3,11,13,14,15);;/q;;+4/p-3/i;;1+1. The second-order valence-corrected chi connectivity index (χ2v) is 4.13. The quantitative estimate of drug-likeness (QED) is 0.572. The summed E-state index contributed by atoms with van der Waals surface area (Å²) in [5, 5.41) is 3.85. The first kappa shape index (κ1) is 19.9. The molecular formula is C10H19N2O2S2Tc+. The SMILES string of the molecule is CCCCN(CC[S-])CC(=O)[N-]CC[S-].[O]=[99Tc+4]. The van der Waals surface area contributed by atoms with E-state index in [0.717, 1.165) is 44.8 Å². The van der Waals surface area contributed by atoms with Crippen molar-refractivity contribution in [1.29, 1.82) is 0 Å².